The zero-order valence-electron chi connectivity index (χ0n) is 9.51. The Labute approximate surface area is 115 Å². The van der Waals surface area contributed by atoms with Crippen LogP contribution in [0.4, 0.5) is 0 Å². The highest BCUT2D eigenvalue weighted by Gasteiger charge is 2.02. The first-order valence-corrected chi connectivity index (χ1v) is 6.72. The largest absolute Gasteiger partial charge is 0.396 e. The van der Waals surface area contributed by atoms with Gasteiger partial charge in [-0.3, -0.25) is 0 Å². The minimum atomic E-state index is 0.231. The van der Waals surface area contributed by atoms with E-state index >= 15 is 0 Å². The first-order valence-electron chi connectivity index (χ1n) is 5.64. The molecule has 0 spiro atoms. The van der Waals surface area contributed by atoms with E-state index in [1.165, 1.54) is 14.8 Å². The quantitative estimate of drug-likeness (QED) is 0.848. The highest BCUT2D eigenvalue weighted by atomic mass is 127. The third-order valence-electron chi connectivity index (χ3n) is 2.66. The molecule has 0 unspecified atom stereocenters. The minimum absolute atomic E-state index is 0.231. The van der Waals surface area contributed by atoms with E-state index < -0.39 is 0 Å². The zero-order chi connectivity index (χ0) is 12.1. The summed E-state index contributed by atoms with van der Waals surface area (Å²) in [5.41, 5.74) is 2.45. The Morgan fingerprint density at radius 2 is 2.00 bits per heavy atom. The third kappa shape index (κ3) is 3.54. The summed E-state index contributed by atoms with van der Waals surface area (Å²) >= 11 is 2.30. The highest BCUT2D eigenvalue weighted by Crippen LogP contribution is 2.10. The molecule has 4 heteroatoms. The van der Waals surface area contributed by atoms with Gasteiger partial charge in [-0.05, 0) is 53.1 Å². The van der Waals surface area contributed by atoms with Crippen molar-refractivity contribution >= 4 is 22.6 Å². The van der Waals surface area contributed by atoms with Crippen molar-refractivity contribution in [1.29, 1.82) is 0 Å². The molecule has 0 bridgehead atoms. The Hall–Kier alpha value is -0.880. The maximum Gasteiger partial charge on any atom is 0.0951 e. The summed E-state index contributed by atoms with van der Waals surface area (Å²) in [4.78, 5) is 4.17. The average Bonchev–Trinajstić information content (AvgIpc) is 2.77. The number of hydrogen-bond acceptors (Lipinski definition) is 2. The van der Waals surface area contributed by atoms with Crippen molar-refractivity contribution in [1.82, 2.24) is 9.55 Å². The summed E-state index contributed by atoms with van der Waals surface area (Å²) in [6.07, 6.45) is 5.40. The molecule has 0 aliphatic heterocycles. The normalized spacial score (nSPS) is 10.7. The van der Waals surface area contributed by atoms with E-state index in [2.05, 4.69) is 56.4 Å². The van der Waals surface area contributed by atoms with Crippen molar-refractivity contribution in [3.8, 4) is 0 Å². The van der Waals surface area contributed by atoms with Gasteiger partial charge in [-0.25, -0.2) is 4.98 Å². The Morgan fingerprint density at radius 3 is 2.71 bits per heavy atom. The highest BCUT2D eigenvalue weighted by molar-refractivity contribution is 14.1. The first kappa shape index (κ1) is 12.6. The number of benzene rings is 1. The van der Waals surface area contributed by atoms with Crippen LogP contribution in [0.15, 0.2) is 36.8 Å². The van der Waals surface area contributed by atoms with E-state index in [4.69, 9.17) is 5.11 Å². The number of aromatic nitrogens is 2. The fourth-order valence-corrected chi connectivity index (χ4v) is 2.10. The lowest BCUT2D eigenvalue weighted by molar-refractivity contribution is 0.287. The minimum Gasteiger partial charge on any atom is -0.396 e. The van der Waals surface area contributed by atoms with Crippen LogP contribution in [0.3, 0.4) is 0 Å². The third-order valence-corrected chi connectivity index (χ3v) is 3.37. The standard InChI is InChI=1S/C13H15IN2O/c14-12-5-3-11(4-6-12)9-16-10-15-8-13(16)2-1-7-17/h3-6,8,10,17H,1-2,7,9H2. The number of nitrogens with zero attached hydrogens (tertiary/aromatic N) is 2. The summed E-state index contributed by atoms with van der Waals surface area (Å²) in [5, 5.41) is 8.85. The lowest BCUT2D eigenvalue weighted by atomic mass is 10.2. The number of imidazole rings is 1. The smallest absolute Gasteiger partial charge is 0.0951 e. The fourth-order valence-electron chi connectivity index (χ4n) is 1.75. The molecule has 0 radical (unpaired) electrons. The van der Waals surface area contributed by atoms with Crippen molar-refractivity contribution in [2.24, 2.45) is 0 Å². The van der Waals surface area contributed by atoms with E-state index in [0.29, 0.717) is 0 Å². The van der Waals surface area contributed by atoms with Crippen molar-refractivity contribution in [2.75, 3.05) is 6.61 Å². The maximum atomic E-state index is 8.85. The number of halogens is 1. The van der Waals surface area contributed by atoms with Crippen LogP contribution >= 0.6 is 22.6 Å². The van der Waals surface area contributed by atoms with Gasteiger partial charge in [0.05, 0.1) is 6.33 Å². The Bertz CT molecular complexity index is 465. The second-order valence-electron chi connectivity index (χ2n) is 3.97. The molecule has 0 atom stereocenters. The molecule has 1 aromatic heterocycles. The molecule has 1 heterocycles. The van der Waals surface area contributed by atoms with Gasteiger partial charge in [0.25, 0.3) is 0 Å². The molecule has 1 aromatic carbocycles. The van der Waals surface area contributed by atoms with Crippen LogP contribution in [0.1, 0.15) is 17.7 Å². The molecule has 2 aromatic rings. The number of hydrogen-bond donors (Lipinski definition) is 1. The van der Waals surface area contributed by atoms with E-state index in [0.717, 1.165) is 19.4 Å². The van der Waals surface area contributed by atoms with Crippen LogP contribution in [0.2, 0.25) is 0 Å². The van der Waals surface area contributed by atoms with Crippen LogP contribution in [-0.4, -0.2) is 21.3 Å². The van der Waals surface area contributed by atoms with Crippen LogP contribution < -0.4 is 0 Å². The SMILES string of the molecule is OCCCc1cncn1Cc1ccc(I)cc1. The zero-order valence-corrected chi connectivity index (χ0v) is 11.7. The van der Waals surface area contributed by atoms with Gasteiger partial charge >= 0.3 is 0 Å². The van der Waals surface area contributed by atoms with Gasteiger partial charge in [0.1, 0.15) is 0 Å². The molecule has 0 fully saturated rings. The molecule has 0 saturated carbocycles. The summed E-state index contributed by atoms with van der Waals surface area (Å²) in [6, 6.07) is 8.50. The topological polar surface area (TPSA) is 38.1 Å². The Kier molecular flexibility index (Phi) is 4.56. The van der Waals surface area contributed by atoms with Gasteiger partial charge in [0.2, 0.25) is 0 Å². The monoisotopic (exact) mass is 342 g/mol. The van der Waals surface area contributed by atoms with Crippen LogP contribution in [-0.2, 0) is 13.0 Å². The second-order valence-corrected chi connectivity index (χ2v) is 5.21. The maximum absolute atomic E-state index is 8.85. The predicted octanol–water partition coefficient (Wildman–Crippen LogP) is 2.46. The summed E-state index contributed by atoms with van der Waals surface area (Å²) in [5.74, 6) is 0. The molecule has 2 rings (SSSR count). The summed E-state index contributed by atoms with van der Waals surface area (Å²) in [7, 11) is 0. The van der Waals surface area contributed by atoms with Crippen LogP contribution in [0.25, 0.3) is 0 Å². The summed E-state index contributed by atoms with van der Waals surface area (Å²) in [6.45, 7) is 1.08. The number of aliphatic hydroxyl groups is 1. The molecule has 17 heavy (non-hydrogen) atoms. The molecular formula is C13H15IN2O. The molecule has 1 N–H and O–H groups in total. The lowest BCUT2D eigenvalue weighted by Gasteiger charge is -2.07. The van der Waals surface area contributed by atoms with Gasteiger partial charge in [-0.1, -0.05) is 12.1 Å². The molecule has 0 saturated heterocycles. The van der Waals surface area contributed by atoms with Gasteiger partial charge in [-0.15, -0.1) is 0 Å². The van der Waals surface area contributed by atoms with E-state index in [-0.39, 0.29) is 6.61 Å². The Balaban J connectivity index is 2.07. The van der Waals surface area contributed by atoms with Crippen LogP contribution in [0, 0.1) is 3.57 Å². The van der Waals surface area contributed by atoms with E-state index in [1.54, 1.807) is 0 Å². The summed E-state index contributed by atoms with van der Waals surface area (Å²) < 4.78 is 3.38. The van der Waals surface area contributed by atoms with Crippen molar-refractivity contribution in [3.63, 3.8) is 0 Å². The fraction of sp³-hybridized carbons (Fsp3) is 0.308. The lowest BCUT2D eigenvalue weighted by Crippen LogP contribution is -2.04. The average molecular weight is 342 g/mol. The molecule has 90 valence electrons. The van der Waals surface area contributed by atoms with Crippen LogP contribution in [0.5, 0.6) is 0 Å². The number of aryl methyl sites for hydroxylation is 1. The van der Waals surface area contributed by atoms with Gasteiger partial charge < -0.3 is 9.67 Å². The second kappa shape index (κ2) is 6.16. The molecule has 0 aliphatic rings. The van der Waals surface area contributed by atoms with E-state index in [1.807, 2.05) is 12.5 Å². The molecule has 3 nitrogen and oxygen atoms in total. The molecule has 0 aliphatic carbocycles. The van der Waals surface area contributed by atoms with Crippen molar-refractivity contribution in [2.45, 2.75) is 19.4 Å². The van der Waals surface area contributed by atoms with Crippen molar-refractivity contribution in [3.05, 3.63) is 51.6 Å². The Morgan fingerprint density at radius 1 is 1.24 bits per heavy atom. The molecule has 0 amide bonds. The first-order chi connectivity index (χ1) is 8.29. The number of aliphatic hydroxyl groups excluding tert-OH is 1. The number of rotatable bonds is 5. The molecular weight excluding hydrogens is 327 g/mol. The predicted molar refractivity (Wildman–Crippen MR) is 75.9 cm³/mol. The van der Waals surface area contributed by atoms with Gasteiger partial charge in [0.15, 0.2) is 0 Å². The van der Waals surface area contributed by atoms with E-state index in [9.17, 15) is 0 Å². The van der Waals surface area contributed by atoms with Crippen molar-refractivity contribution < 1.29 is 5.11 Å². The van der Waals surface area contributed by atoms with Gasteiger partial charge in [-0.2, -0.15) is 0 Å². The van der Waals surface area contributed by atoms with Gasteiger partial charge in [0, 0.05) is 28.6 Å².